The number of alkyl halides is 3. The van der Waals surface area contributed by atoms with Crippen molar-refractivity contribution in [1.82, 2.24) is 9.97 Å². The Labute approximate surface area is 121 Å². The van der Waals surface area contributed by atoms with Gasteiger partial charge in [0.15, 0.2) is 5.75 Å². The average molecular weight is 348 g/mol. The van der Waals surface area contributed by atoms with Crippen LogP contribution in [0, 0.1) is 6.92 Å². The molecule has 0 saturated heterocycles. The highest BCUT2D eigenvalue weighted by Crippen LogP contribution is 2.31. The first-order valence-electron chi connectivity index (χ1n) is 5.46. The lowest BCUT2D eigenvalue weighted by Crippen LogP contribution is -2.17. The molecule has 0 saturated carbocycles. The number of halogens is 4. The molecule has 0 atom stereocenters. The van der Waals surface area contributed by atoms with Crippen LogP contribution in [-0.4, -0.2) is 16.3 Å². The van der Waals surface area contributed by atoms with Crippen molar-refractivity contribution in [1.29, 1.82) is 0 Å². The number of aryl methyl sites for hydroxylation is 1. The van der Waals surface area contributed by atoms with E-state index in [2.05, 4.69) is 36.0 Å². The summed E-state index contributed by atoms with van der Waals surface area (Å²) >= 11 is 3.19. The molecule has 1 N–H and O–H groups in total. The third-order valence-electron chi connectivity index (χ3n) is 2.18. The van der Waals surface area contributed by atoms with Crippen LogP contribution in [-0.2, 0) is 0 Å². The molecule has 0 bridgehead atoms. The fraction of sp³-hybridized carbons (Fsp3) is 0.167. The number of benzene rings is 1. The maximum Gasteiger partial charge on any atom is 0.573 e. The molecule has 0 aliphatic rings. The Bertz CT molecular complexity index is 599. The highest BCUT2D eigenvalue weighted by atomic mass is 79.9. The van der Waals surface area contributed by atoms with Gasteiger partial charge in [0.1, 0.15) is 16.2 Å². The zero-order valence-corrected chi connectivity index (χ0v) is 11.8. The molecule has 0 radical (unpaired) electrons. The van der Waals surface area contributed by atoms with Crippen LogP contribution in [0.15, 0.2) is 34.9 Å². The van der Waals surface area contributed by atoms with E-state index in [-0.39, 0.29) is 11.4 Å². The summed E-state index contributed by atoms with van der Waals surface area (Å²) in [6.45, 7) is 1.67. The molecule has 0 amide bonds. The van der Waals surface area contributed by atoms with Crippen molar-refractivity contribution in [2.75, 3.05) is 5.32 Å². The van der Waals surface area contributed by atoms with Crippen LogP contribution >= 0.6 is 15.9 Å². The Morgan fingerprint density at radius 3 is 2.55 bits per heavy atom. The maximum absolute atomic E-state index is 12.3. The van der Waals surface area contributed by atoms with Crippen molar-refractivity contribution in [2.45, 2.75) is 13.3 Å². The van der Waals surface area contributed by atoms with Gasteiger partial charge in [-0.05, 0) is 35.0 Å². The van der Waals surface area contributed by atoms with E-state index in [9.17, 15) is 13.2 Å². The first-order chi connectivity index (χ1) is 9.33. The fourth-order valence-electron chi connectivity index (χ4n) is 1.52. The van der Waals surface area contributed by atoms with E-state index >= 15 is 0 Å². The Hall–Kier alpha value is -1.83. The summed E-state index contributed by atoms with van der Waals surface area (Å²) in [4.78, 5) is 8.09. The zero-order valence-electron chi connectivity index (χ0n) is 10.2. The molecule has 0 aliphatic heterocycles. The molecule has 20 heavy (non-hydrogen) atoms. The summed E-state index contributed by atoms with van der Waals surface area (Å²) in [6.07, 6.45) is -4.75. The molecule has 1 heterocycles. The molecule has 2 rings (SSSR count). The number of para-hydroxylation sites is 2. The fourth-order valence-corrected chi connectivity index (χ4v) is 1.99. The summed E-state index contributed by atoms with van der Waals surface area (Å²) < 4.78 is 41.4. The van der Waals surface area contributed by atoms with Crippen molar-refractivity contribution >= 4 is 27.4 Å². The third kappa shape index (κ3) is 4.09. The molecule has 2 aromatic rings. The second-order valence-electron chi connectivity index (χ2n) is 3.79. The van der Waals surface area contributed by atoms with E-state index in [0.717, 1.165) is 0 Å². The van der Waals surface area contributed by atoms with E-state index in [1.165, 1.54) is 18.2 Å². The number of hydrogen-bond donors (Lipinski definition) is 1. The van der Waals surface area contributed by atoms with Crippen LogP contribution in [0.3, 0.4) is 0 Å². The van der Waals surface area contributed by atoms with Crippen LogP contribution in [0.25, 0.3) is 0 Å². The summed E-state index contributed by atoms with van der Waals surface area (Å²) in [5, 5.41) is 2.77. The van der Waals surface area contributed by atoms with Gasteiger partial charge in [-0.15, -0.1) is 13.2 Å². The van der Waals surface area contributed by atoms with Gasteiger partial charge in [-0.3, -0.25) is 0 Å². The van der Waals surface area contributed by atoms with E-state index in [1.807, 2.05) is 0 Å². The minimum absolute atomic E-state index is 0.162. The summed E-state index contributed by atoms with van der Waals surface area (Å²) in [5.74, 6) is 0.520. The van der Waals surface area contributed by atoms with Crippen molar-refractivity contribution in [3.05, 3.63) is 40.8 Å². The van der Waals surface area contributed by atoms with Crippen LogP contribution in [0.4, 0.5) is 24.7 Å². The highest BCUT2D eigenvalue weighted by Gasteiger charge is 2.32. The molecular weight excluding hydrogens is 339 g/mol. The third-order valence-corrected chi connectivity index (χ3v) is 2.59. The first kappa shape index (κ1) is 14.6. The van der Waals surface area contributed by atoms with Gasteiger partial charge in [0.05, 0.1) is 5.69 Å². The van der Waals surface area contributed by atoms with Crippen LogP contribution in [0.1, 0.15) is 5.82 Å². The van der Waals surface area contributed by atoms with Crippen molar-refractivity contribution < 1.29 is 17.9 Å². The molecule has 8 heteroatoms. The number of aromatic nitrogens is 2. The Morgan fingerprint density at radius 2 is 1.90 bits per heavy atom. The lowest BCUT2D eigenvalue weighted by molar-refractivity contribution is -0.274. The normalized spacial score (nSPS) is 11.2. The quantitative estimate of drug-likeness (QED) is 0.845. The van der Waals surface area contributed by atoms with E-state index in [4.69, 9.17) is 0 Å². The monoisotopic (exact) mass is 347 g/mol. The first-order valence-corrected chi connectivity index (χ1v) is 6.26. The molecule has 0 unspecified atom stereocenters. The summed E-state index contributed by atoms with van der Waals surface area (Å²) in [7, 11) is 0. The van der Waals surface area contributed by atoms with Gasteiger partial charge in [0.25, 0.3) is 0 Å². The largest absolute Gasteiger partial charge is 0.573 e. The smallest absolute Gasteiger partial charge is 0.404 e. The minimum atomic E-state index is -4.75. The van der Waals surface area contributed by atoms with Gasteiger partial charge < -0.3 is 10.1 Å². The zero-order chi connectivity index (χ0) is 14.8. The number of hydrogen-bond acceptors (Lipinski definition) is 4. The standard InChI is InChI=1S/C12H9BrF3N3O/c1-7-17-10(13)6-11(18-7)19-8-4-2-3-5-9(8)20-12(14,15)16/h2-6H,1H3,(H,17,18,19). The van der Waals surface area contributed by atoms with Gasteiger partial charge >= 0.3 is 6.36 Å². The molecule has 0 aliphatic carbocycles. The lowest BCUT2D eigenvalue weighted by Gasteiger charge is -2.14. The van der Waals surface area contributed by atoms with Crippen LogP contribution in [0.5, 0.6) is 5.75 Å². The number of ether oxygens (including phenoxy) is 1. The van der Waals surface area contributed by atoms with E-state index in [1.54, 1.807) is 19.1 Å². The van der Waals surface area contributed by atoms with Crippen molar-refractivity contribution in [3.8, 4) is 5.75 Å². The SMILES string of the molecule is Cc1nc(Br)cc(Nc2ccccc2OC(F)(F)F)n1. The molecule has 0 spiro atoms. The van der Waals surface area contributed by atoms with Crippen LogP contribution in [0.2, 0.25) is 0 Å². The number of nitrogens with one attached hydrogen (secondary N) is 1. The average Bonchev–Trinajstić information content (AvgIpc) is 2.28. The summed E-state index contributed by atoms with van der Waals surface area (Å²) in [6, 6.07) is 7.28. The predicted octanol–water partition coefficient (Wildman–Crippen LogP) is 4.19. The van der Waals surface area contributed by atoms with Gasteiger partial charge in [0.2, 0.25) is 0 Å². The predicted molar refractivity (Wildman–Crippen MR) is 70.9 cm³/mol. The molecule has 1 aromatic heterocycles. The van der Waals surface area contributed by atoms with Crippen molar-refractivity contribution in [3.63, 3.8) is 0 Å². The van der Waals surface area contributed by atoms with Gasteiger partial charge in [-0.25, -0.2) is 9.97 Å². The number of rotatable bonds is 3. The summed E-state index contributed by atoms with van der Waals surface area (Å²) in [5.41, 5.74) is 0.162. The molecular formula is C12H9BrF3N3O. The minimum Gasteiger partial charge on any atom is -0.404 e. The highest BCUT2D eigenvalue weighted by molar-refractivity contribution is 9.10. The lowest BCUT2D eigenvalue weighted by atomic mass is 10.3. The molecule has 0 fully saturated rings. The Balaban J connectivity index is 2.29. The van der Waals surface area contributed by atoms with Crippen molar-refractivity contribution in [2.24, 2.45) is 0 Å². The van der Waals surface area contributed by atoms with E-state index < -0.39 is 6.36 Å². The molecule has 1 aromatic carbocycles. The maximum atomic E-state index is 12.3. The Morgan fingerprint density at radius 1 is 1.20 bits per heavy atom. The second kappa shape index (κ2) is 5.66. The number of anilines is 2. The molecule has 4 nitrogen and oxygen atoms in total. The van der Waals surface area contributed by atoms with E-state index in [0.29, 0.717) is 16.2 Å². The number of nitrogens with zero attached hydrogens (tertiary/aromatic N) is 2. The van der Waals surface area contributed by atoms with Crippen LogP contribution < -0.4 is 10.1 Å². The molecule has 106 valence electrons. The topological polar surface area (TPSA) is 47.0 Å². The van der Waals surface area contributed by atoms with Gasteiger partial charge in [-0.2, -0.15) is 0 Å². The van der Waals surface area contributed by atoms with Gasteiger partial charge in [0, 0.05) is 6.07 Å². The van der Waals surface area contributed by atoms with Gasteiger partial charge in [-0.1, -0.05) is 12.1 Å². The Kier molecular flexibility index (Phi) is 4.12. The second-order valence-corrected chi connectivity index (χ2v) is 4.60.